The minimum atomic E-state index is -1.11. The van der Waals surface area contributed by atoms with Crippen molar-refractivity contribution in [1.29, 1.82) is 0 Å². The first-order valence-corrected chi connectivity index (χ1v) is 7.41. The van der Waals surface area contributed by atoms with Gasteiger partial charge in [-0.2, -0.15) is 0 Å². The molecule has 0 spiro atoms. The summed E-state index contributed by atoms with van der Waals surface area (Å²) >= 11 is 0. The Bertz CT molecular complexity index is 689. The first-order valence-electron chi connectivity index (χ1n) is 7.41. The molecular formula is C14H18FN5O2. The Kier molecular flexibility index (Phi) is 4.02. The van der Waals surface area contributed by atoms with Crippen LogP contribution in [0.4, 0.5) is 10.2 Å². The summed E-state index contributed by atoms with van der Waals surface area (Å²) in [5, 5.41) is 2.67. The zero-order valence-electron chi connectivity index (χ0n) is 12.5. The third-order valence-corrected chi connectivity index (χ3v) is 3.80. The molecule has 0 radical (unpaired) electrons. The van der Waals surface area contributed by atoms with Crippen LogP contribution in [0, 0.1) is 0 Å². The first-order chi connectivity index (χ1) is 10.6. The van der Waals surface area contributed by atoms with Crippen LogP contribution < -0.4 is 5.32 Å². The molecule has 8 heteroatoms. The van der Waals surface area contributed by atoms with Gasteiger partial charge < -0.3 is 10.1 Å². The van der Waals surface area contributed by atoms with Gasteiger partial charge in [0.1, 0.15) is 12.5 Å². The third-order valence-electron chi connectivity index (χ3n) is 3.80. The van der Waals surface area contributed by atoms with E-state index in [1.165, 1.54) is 12.7 Å². The van der Waals surface area contributed by atoms with Crippen molar-refractivity contribution >= 4 is 22.9 Å². The Labute approximate surface area is 126 Å². The van der Waals surface area contributed by atoms with E-state index in [1.54, 1.807) is 11.5 Å². The molecule has 3 atom stereocenters. The average Bonchev–Trinajstić information content (AvgIpc) is 3.10. The van der Waals surface area contributed by atoms with Crippen molar-refractivity contribution in [3.8, 4) is 0 Å². The molecule has 2 aromatic rings. The van der Waals surface area contributed by atoms with Crippen LogP contribution in [-0.4, -0.2) is 37.7 Å². The van der Waals surface area contributed by atoms with Crippen LogP contribution in [0.15, 0.2) is 12.7 Å². The van der Waals surface area contributed by atoms with Crippen molar-refractivity contribution in [3.05, 3.63) is 12.7 Å². The molecule has 0 saturated carbocycles. The van der Waals surface area contributed by atoms with Crippen LogP contribution in [0.2, 0.25) is 0 Å². The molecule has 0 aromatic carbocycles. The number of hydrogen-bond donors (Lipinski definition) is 1. The predicted octanol–water partition coefficient (Wildman–Crippen LogP) is 2.21. The number of fused-ring (bicyclic) bond motifs is 1. The Morgan fingerprint density at radius 2 is 2.27 bits per heavy atom. The van der Waals surface area contributed by atoms with E-state index in [1.807, 2.05) is 6.92 Å². The number of carbonyl (C=O) groups is 1. The topological polar surface area (TPSA) is 81.9 Å². The van der Waals surface area contributed by atoms with Crippen LogP contribution in [0.1, 0.15) is 39.3 Å². The van der Waals surface area contributed by atoms with E-state index in [2.05, 4.69) is 20.3 Å². The van der Waals surface area contributed by atoms with E-state index < -0.39 is 12.4 Å². The van der Waals surface area contributed by atoms with E-state index in [0.29, 0.717) is 29.8 Å². The molecule has 1 aliphatic heterocycles. The second kappa shape index (κ2) is 5.96. The molecule has 1 amide bonds. The molecule has 0 unspecified atom stereocenters. The van der Waals surface area contributed by atoms with Gasteiger partial charge in [0.15, 0.2) is 23.2 Å². The van der Waals surface area contributed by atoms with Crippen molar-refractivity contribution < 1.29 is 13.9 Å². The molecule has 118 valence electrons. The maximum atomic E-state index is 14.2. The summed E-state index contributed by atoms with van der Waals surface area (Å²) < 4.78 is 21.5. The summed E-state index contributed by atoms with van der Waals surface area (Å²) in [4.78, 5) is 23.9. The molecule has 2 aromatic heterocycles. The fourth-order valence-electron chi connectivity index (χ4n) is 2.56. The number of imidazole rings is 1. The van der Waals surface area contributed by atoms with Crippen molar-refractivity contribution in [3.63, 3.8) is 0 Å². The number of nitrogens with one attached hydrogen (secondary N) is 1. The molecule has 1 N–H and O–H groups in total. The SMILES string of the molecule is CCC(=O)Nc1ncnc2c1ncn2[C@@H]1O[C@H](CC)C[C@H]1F. The van der Waals surface area contributed by atoms with E-state index in [9.17, 15) is 9.18 Å². The molecule has 1 fully saturated rings. The molecular weight excluding hydrogens is 289 g/mol. The van der Waals surface area contributed by atoms with Gasteiger partial charge in [-0.25, -0.2) is 19.3 Å². The quantitative estimate of drug-likeness (QED) is 0.936. The van der Waals surface area contributed by atoms with Crippen LogP contribution in [0.25, 0.3) is 11.2 Å². The van der Waals surface area contributed by atoms with Gasteiger partial charge in [0.05, 0.1) is 12.4 Å². The number of ether oxygens (including phenoxy) is 1. The highest BCUT2D eigenvalue weighted by molar-refractivity contribution is 5.96. The smallest absolute Gasteiger partial charge is 0.225 e. The van der Waals surface area contributed by atoms with Crippen molar-refractivity contribution in [2.45, 2.75) is 51.6 Å². The molecule has 3 rings (SSSR count). The highest BCUT2D eigenvalue weighted by Gasteiger charge is 2.36. The van der Waals surface area contributed by atoms with Crippen molar-refractivity contribution in [2.75, 3.05) is 5.32 Å². The standard InChI is InChI=1S/C14H18FN5O2/c1-3-8-5-9(15)14(22-8)20-7-18-11-12(19-10(21)4-2)16-6-17-13(11)20/h6-9,14H,3-5H2,1-2H3,(H,16,17,19,21)/t8-,9-,14-/m1/s1. The summed E-state index contributed by atoms with van der Waals surface area (Å²) in [6.45, 7) is 3.71. The van der Waals surface area contributed by atoms with E-state index in [0.717, 1.165) is 6.42 Å². The number of halogens is 1. The lowest BCUT2D eigenvalue weighted by molar-refractivity contribution is -0.115. The maximum absolute atomic E-state index is 14.2. The molecule has 0 bridgehead atoms. The largest absolute Gasteiger partial charge is 0.351 e. The zero-order chi connectivity index (χ0) is 15.7. The Hall–Kier alpha value is -2.09. The van der Waals surface area contributed by atoms with Crippen LogP contribution >= 0.6 is 0 Å². The minimum absolute atomic E-state index is 0.0986. The second-order valence-corrected chi connectivity index (χ2v) is 5.26. The molecule has 0 aliphatic carbocycles. The lowest BCUT2D eigenvalue weighted by Crippen LogP contribution is -2.16. The summed E-state index contributed by atoms with van der Waals surface area (Å²) in [6.07, 6.45) is 2.33. The van der Waals surface area contributed by atoms with Gasteiger partial charge in [-0.1, -0.05) is 13.8 Å². The van der Waals surface area contributed by atoms with E-state index in [4.69, 9.17) is 4.74 Å². The fourth-order valence-corrected chi connectivity index (χ4v) is 2.56. The van der Waals surface area contributed by atoms with Crippen LogP contribution in [0.5, 0.6) is 0 Å². The number of nitrogens with zero attached hydrogens (tertiary/aromatic N) is 4. The first kappa shape index (κ1) is 14.8. The third kappa shape index (κ3) is 2.54. The van der Waals surface area contributed by atoms with Crippen molar-refractivity contribution in [1.82, 2.24) is 19.5 Å². The number of rotatable bonds is 4. The van der Waals surface area contributed by atoms with Crippen molar-refractivity contribution in [2.24, 2.45) is 0 Å². The number of alkyl halides is 1. The van der Waals surface area contributed by atoms with Gasteiger partial charge >= 0.3 is 0 Å². The number of aromatic nitrogens is 4. The van der Waals surface area contributed by atoms with E-state index >= 15 is 0 Å². The monoisotopic (exact) mass is 307 g/mol. The maximum Gasteiger partial charge on any atom is 0.225 e. The van der Waals surface area contributed by atoms with Crippen LogP contribution in [0.3, 0.4) is 0 Å². The molecule has 3 heterocycles. The molecule has 1 aliphatic rings. The summed E-state index contributed by atoms with van der Waals surface area (Å²) in [7, 11) is 0. The average molecular weight is 307 g/mol. The summed E-state index contributed by atoms with van der Waals surface area (Å²) in [5.74, 6) is 0.164. The lowest BCUT2D eigenvalue weighted by Gasteiger charge is -2.15. The second-order valence-electron chi connectivity index (χ2n) is 5.26. The van der Waals surface area contributed by atoms with Gasteiger partial charge in [-0.05, 0) is 6.42 Å². The number of amides is 1. The van der Waals surface area contributed by atoms with Gasteiger partial charge in [0.2, 0.25) is 5.91 Å². The number of carbonyl (C=O) groups excluding carboxylic acids is 1. The minimum Gasteiger partial charge on any atom is -0.351 e. The lowest BCUT2D eigenvalue weighted by atomic mass is 10.2. The van der Waals surface area contributed by atoms with Gasteiger partial charge in [-0.15, -0.1) is 0 Å². The fraction of sp³-hybridized carbons (Fsp3) is 0.571. The zero-order valence-corrected chi connectivity index (χ0v) is 12.5. The van der Waals surface area contributed by atoms with Gasteiger partial charge in [0.25, 0.3) is 0 Å². The number of hydrogen-bond acceptors (Lipinski definition) is 5. The van der Waals surface area contributed by atoms with Crippen LogP contribution in [-0.2, 0) is 9.53 Å². The highest BCUT2D eigenvalue weighted by Crippen LogP contribution is 2.34. The van der Waals surface area contributed by atoms with Gasteiger partial charge in [-0.3, -0.25) is 9.36 Å². The molecule has 1 saturated heterocycles. The summed E-state index contributed by atoms with van der Waals surface area (Å²) in [6, 6.07) is 0. The molecule has 7 nitrogen and oxygen atoms in total. The molecule has 22 heavy (non-hydrogen) atoms. The van der Waals surface area contributed by atoms with Gasteiger partial charge in [0, 0.05) is 12.8 Å². The normalized spacial score (nSPS) is 24.8. The van der Waals surface area contributed by atoms with E-state index in [-0.39, 0.29) is 12.0 Å². The Morgan fingerprint density at radius 3 is 2.95 bits per heavy atom. The Morgan fingerprint density at radius 1 is 1.45 bits per heavy atom. The number of anilines is 1. The highest BCUT2D eigenvalue weighted by atomic mass is 19.1. The Balaban J connectivity index is 1.96. The summed E-state index contributed by atoms with van der Waals surface area (Å²) in [5.41, 5.74) is 0.880. The predicted molar refractivity (Wildman–Crippen MR) is 78.0 cm³/mol.